The van der Waals surface area contributed by atoms with Gasteiger partial charge in [-0.05, 0) is 0 Å². The van der Waals surface area contributed by atoms with Gasteiger partial charge in [0, 0.05) is 20.8 Å². The molecule has 0 saturated carbocycles. The van der Waals surface area contributed by atoms with Crippen molar-refractivity contribution in [2.45, 2.75) is 57.5 Å². The van der Waals surface area contributed by atoms with E-state index in [0.29, 0.717) is 0 Å². The highest BCUT2D eigenvalue weighted by Gasteiger charge is 2.55. The van der Waals surface area contributed by atoms with Gasteiger partial charge in [-0.15, -0.1) is 0 Å². The molecule has 29 heavy (non-hydrogen) atoms. The Morgan fingerprint density at radius 3 is 2.45 bits per heavy atom. The number of esters is 3. The minimum Gasteiger partial charge on any atom is -0.463 e. The quantitative estimate of drug-likeness (QED) is 0.368. The number of nitrogens with zero attached hydrogens (tertiary/aromatic N) is 3. The van der Waals surface area contributed by atoms with E-state index >= 15 is 0 Å². The number of fused-ring (bicyclic) bond motifs is 1. The first-order valence-electron chi connectivity index (χ1n) is 8.75. The maximum absolute atomic E-state index is 12.1. The third-order valence-electron chi connectivity index (χ3n) is 4.37. The number of ether oxygens (including phenoxy) is 4. The van der Waals surface area contributed by atoms with Crippen LogP contribution in [0, 0.1) is 0 Å². The summed E-state index contributed by atoms with van der Waals surface area (Å²) in [7, 11) is 0. The topological polar surface area (TPSA) is 171 Å². The standard InChI is InChI=1S/C16H21N5O8/c1-6(22)26-4-9-11(27-7(2)23)12(28-8(3)24)15(29-9)21-5-18-10-13(21)19-16(17)20-14(10)25/h5,9-13,15H,4H2,1-3H3,(H3,17,19,20,25)/t9-,10?,11-,12-,13?,15-/m1/s1. The number of nitrogens with two attached hydrogens (primary N) is 1. The van der Waals surface area contributed by atoms with Crippen LogP contribution in [-0.2, 0) is 38.1 Å². The molecular formula is C16H21N5O8. The van der Waals surface area contributed by atoms with Gasteiger partial charge in [0.1, 0.15) is 12.7 Å². The smallest absolute Gasteiger partial charge is 0.303 e. The molecule has 1 fully saturated rings. The highest BCUT2D eigenvalue weighted by Crippen LogP contribution is 2.33. The van der Waals surface area contributed by atoms with Crippen molar-refractivity contribution < 1.29 is 38.1 Å². The molecule has 0 aromatic heterocycles. The van der Waals surface area contributed by atoms with Gasteiger partial charge >= 0.3 is 17.9 Å². The number of rotatable bonds is 5. The number of carbonyl (C=O) groups excluding carboxylic acids is 4. The Bertz CT molecular complexity index is 783. The Hall–Kier alpha value is -3.22. The van der Waals surface area contributed by atoms with Crippen LogP contribution in [0.15, 0.2) is 9.98 Å². The largest absolute Gasteiger partial charge is 0.463 e. The highest BCUT2D eigenvalue weighted by atomic mass is 16.7. The fraction of sp³-hybridized carbons (Fsp3) is 0.625. The number of nitrogens with one attached hydrogen (secondary N) is 1. The lowest BCUT2D eigenvalue weighted by Gasteiger charge is -2.33. The van der Waals surface area contributed by atoms with E-state index in [1.54, 1.807) is 0 Å². The summed E-state index contributed by atoms with van der Waals surface area (Å²) in [6.45, 7) is 3.34. The van der Waals surface area contributed by atoms with Crippen LogP contribution < -0.4 is 11.1 Å². The van der Waals surface area contributed by atoms with E-state index in [0.717, 1.165) is 0 Å². The van der Waals surface area contributed by atoms with Gasteiger partial charge in [-0.1, -0.05) is 0 Å². The Morgan fingerprint density at radius 2 is 1.83 bits per heavy atom. The van der Waals surface area contributed by atoms with E-state index in [1.807, 2.05) is 0 Å². The maximum atomic E-state index is 12.1. The molecule has 1 saturated heterocycles. The summed E-state index contributed by atoms with van der Waals surface area (Å²) in [5, 5.41) is 2.38. The molecule has 3 aliphatic heterocycles. The molecule has 6 atom stereocenters. The first-order valence-corrected chi connectivity index (χ1v) is 8.75. The molecule has 0 aromatic carbocycles. The second-order valence-electron chi connectivity index (χ2n) is 6.59. The molecule has 0 aromatic rings. The predicted octanol–water partition coefficient (Wildman–Crippen LogP) is -2.38. The molecule has 0 bridgehead atoms. The van der Waals surface area contributed by atoms with Gasteiger partial charge in [-0.25, -0.2) is 4.99 Å². The van der Waals surface area contributed by atoms with E-state index in [4.69, 9.17) is 24.7 Å². The van der Waals surface area contributed by atoms with E-state index in [1.165, 1.54) is 32.0 Å². The number of carbonyl (C=O) groups is 4. The van der Waals surface area contributed by atoms with Crippen LogP contribution in [0.25, 0.3) is 0 Å². The number of amides is 1. The normalized spacial score (nSPS) is 32.9. The van der Waals surface area contributed by atoms with Crippen LogP contribution in [0.1, 0.15) is 20.8 Å². The molecule has 3 heterocycles. The van der Waals surface area contributed by atoms with Crippen LogP contribution >= 0.6 is 0 Å². The second kappa shape index (κ2) is 8.03. The molecule has 3 rings (SSSR count). The maximum Gasteiger partial charge on any atom is 0.303 e. The van der Waals surface area contributed by atoms with Crippen molar-refractivity contribution in [1.29, 1.82) is 0 Å². The van der Waals surface area contributed by atoms with Gasteiger partial charge in [0.2, 0.25) is 0 Å². The van der Waals surface area contributed by atoms with Crippen molar-refractivity contribution in [1.82, 2.24) is 10.2 Å². The number of hydrogen-bond acceptors (Lipinski definition) is 12. The predicted molar refractivity (Wildman–Crippen MR) is 94.1 cm³/mol. The average Bonchev–Trinajstić information content (AvgIpc) is 3.15. The summed E-state index contributed by atoms with van der Waals surface area (Å²) < 4.78 is 21.5. The monoisotopic (exact) mass is 411 g/mol. The van der Waals surface area contributed by atoms with E-state index < -0.39 is 60.6 Å². The molecule has 13 nitrogen and oxygen atoms in total. The van der Waals surface area contributed by atoms with Crippen LogP contribution in [-0.4, -0.2) is 84.4 Å². The first kappa shape index (κ1) is 20.5. The summed E-state index contributed by atoms with van der Waals surface area (Å²) >= 11 is 0. The number of guanidine groups is 1. The van der Waals surface area contributed by atoms with E-state index in [9.17, 15) is 19.2 Å². The van der Waals surface area contributed by atoms with E-state index in [-0.39, 0.29) is 12.6 Å². The molecule has 2 unspecified atom stereocenters. The van der Waals surface area contributed by atoms with E-state index in [2.05, 4.69) is 15.3 Å². The molecule has 0 aliphatic carbocycles. The van der Waals surface area contributed by atoms with Crippen LogP contribution in [0.3, 0.4) is 0 Å². The SMILES string of the molecule is CC(=O)OC[C@H]1O[C@@H](N2C=NC3C(=O)NC(N)=NC32)[C@H](OC(C)=O)[C@@H]1OC(C)=O. The minimum absolute atomic E-state index is 0.0956. The fourth-order valence-electron chi connectivity index (χ4n) is 3.32. The molecule has 3 N–H and O–H groups in total. The molecule has 3 aliphatic rings. The van der Waals surface area contributed by atoms with Crippen molar-refractivity contribution >= 4 is 36.1 Å². The Morgan fingerprint density at radius 1 is 1.17 bits per heavy atom. The zero-order chi connectivity index (χ0) is 21.3. The summed E-state index contributed by atoms with van der Waals surface area (Å²) in [4.78, 5) is 56.3. The summed E-state index contributed by atoms with van der Waals surface area (Å²) in [6.07, 6.45) is -3.61. The van der Waals surface area contributed by atoms with Gasteiger partial charge in [0.25, 0.3) is 5.91 Å². The third-order valence-corrected chi connectivity index (χ3v) is 4.37. The first-order chi connectivity index (χ1) is 13.7. The lowest BCUT2D eigenvalue weighted by molar-refractivity contribution is -0.167. The third kappa shape index (κ3) is 4.29. The number of hydrogen-bond donors (Lipinski definition) is 2. The van der Waals surface area contributed by atoms with Gasteiger partial charge in [-0.3, -0.25) is 29.5 Å². The molecule has 0 radical (unpaired) electrons. The zero-order valence-corrected chi connectivity index (χ0v) is 15.9. The van der Waals surface area contributed by atoms with Crippen molar-refractivity contribution in [2.24, 2.45) is 15.7 Å². The minimum atomic E-state index is -1.09. The molecule has 13 heteroatoms. The van der Waals surface area contributed by atoms with Crippen LogP contribution in [0.5, 0.6) is 0 Å². The van der Waals surface area contributed by atoms with Crippen LogP contribution in [0.4, 0.5) is 0 Å². The summed E-state index contributed by atoms with van der Waals surface area (Å²) in [5.41, 5.74) is 5.64. The average molecular weight is 411 g/mol. The summed E-state index contributed by atoms with van der Waals surface area (Å²) in [6, 6.07) is -0.872. The number of aliphatic imine (C=N–C) groups is 2. The zero-order valence-electron chi connectivity index (χ0n) is 15.9. The Balaban J connectivity index is 1.90. The Kier molecular flexibility index (Phi) is 5.68. The highest BCUT2D eigenvalue weighted by molar-refractivity contribution is 6.02. The Labute approximate surface area is 165 Å². The second-order valence-corrected chi connectivity index (χ2v) is 6.59. The van der Waals surface area contributed by atoms with Crippen molar-refractivity contribution in [3.05, 3.63) is 0 Å². The van der Waals surface area contributed by atoms with Crippen LogP contribution in [0.2, 0.25) is 0 Å². The lowest BCUT2D eigenvalue weighted by atomic mass is 10.1. The molecular weight excluding hydrogens is 390 g/mol. The summed E-state index contributed by atoms with van der Waals surface area (Å²) in [5.74, 6) is -2.40. The van der Waals surface area contributed by atoms with Crippen molar-refractivity contribution in [3.8, 4) is 0 Å². The fourth-order valence-corrected chi connectivity index (χ4v) is 3.32. The van der Waals surface area contributed by atoms with Gasteiger partial charge in [0.05, 0.1) is 6.34 Å². The lowest BCUT2D eigenvalue weighted by Crippen LogP contribution is -2.57. The van der Waals surface area contributed by atoms with Gasteiger partial charge in [-0.2, -0.15) is 0 Å². The molecule has 158 valence electrons. The van der Waals surface area contributed by atoms with Gasteiger partial charge < -0.3 is 29.6 Å². The van der Waals surface area contributed by atoms with Crippen molar-refractivity contribution in [3.63, 3.8) is 0 Å². The molecule has 1 amide bonds. The molecule has 0 spiro atoms. The van der Waals surface area contributed by atoms with Gasteiger partial charge in [0.15, 0.2) is 36.6 Å². The van der Waals surface area contributed by atoms with Crippen molar-refractivity contribution in [2.75, 3.05) is 6.61 Å².